The summed E-state index contributed by atoms with van der Waals surface area (Å²) >= 11 is 0. The van der Waals surface area contributed by atoms with Gasteiger partial charge < -0.3 is 10.6 Å². The summed E-state index contributed by atoms with van der Waals surface area (Å²) in [6.45, 7) is 8.62. The van der Waals surface area contributed by atoms with Gasteiger partial charge in [-0.25, -0.2) is 0 Å². The Labute approximate surface area is 101 Å². The van der Waals surface area contributed by atoms with Crippen LogP contribution < -0.4 is 5.73 Å². The first-order chi connectivity index (χ1) is 7.57. The fourth-order valence-electron chi connectivity index (χ4n) is 2.79. The second kappa shape index (κ2) is 5.05. The number of hydrogen-bond donors (Lipinski definition) is 1. The van der Waals surface area contributed by atoms with E-state index in [1.807, 2.05) is 0 Å². The zero-order valence-electron chi connectivity index (χ0n) is 11.0. The summed E-state index contributed by atoms with van der Waals surface area (Å²) in [5.74, 6) is 0.864. The van der Waals surface area contributed by atoms with E-state index in [1.165, 1.54) is 58.2 Å². The third kappa shape index (κ3) is 3.74. The quantitative estimate of drug-likeness (QED) is 0.795. The van der Waals surface area contributed by atoms with Gasteiger partial charge in [-0.05, 0) is 69.5 Å². The molecule has 1 aliphatic heterocycles. The van der Waals surface area contributed by atoms with Crippen molar-refractivity contribution < 1.29 is 0 Å². The monoisotopic (exact) mass is 224 g/mol. The lowest BCUT2D eigenvalue weighted by Gasteiger charge is -2.24. The molecule has 2 nitrogen and oxygen atoms in total. The number of nitrogens with two attached hydrogens (primary N) is 1. The Morgan fingerprint density at radius 2 is 2.00 bits per heavy atom. The van der Waals surface area contributed by atoms with Crippen molar-refractivity contribution in [3.63, 3.8) is 0 Å². The lowest BCUT2D eigenvalue weighted by atomic mass is 9.85. The molecule has 0 aromatic carbocycles. The topological polar surface area (TPSA) is 29.3 Å². The van der Waals surface area contributed by atoms with Crippen LogP contribution in [-0.4, -0.2) is 30.6 Å². The minimum absolute atomic E-state index is 0.483. The van der Waals surface area contributed by atoms with Gasteiger partial charge in [0.05, 0.1) is 0 Å². The van der Waals surface area contributed by atoms with Crippen LogP contribution >= 0.6 is 0 Å². The zero-order valence-corrected chi connectivity index (χ0v) is 11.0. The molecule has 0 spiro atoms. The van der Waals surface area contributed by atoms with E-state index in [2.05, 4.69) is 18.7 Å². The predicted octanol–water partition coefficient (Wildman–Crippen LogP) is 2.63. The van der Waals surface area contributed by atoms with Gasteiger partial charge >= 0.3 is 0 Å². The molecular weight excluding hydrogens is 196 g/mol. The average molecular weight is 224 g/mol. The van der Waals surface area contributed by atoms with Gasteiger partial charge in [0.15, 0.2) is 0 Å². The van der Waals surface area contributed by atoms with Crippen molar-refractivity contribution in [3.05, 3.63) is 0 Å². The van der Waals surface area contributed by atoms with E-state index in [1.54, 1.807) is 0 Å². The van der Waals surface area contributed by atoms with E-state index in [0.717, 1.165) is 5.92 Å². The van der Waals surface area contributed by atoms with Gasteiger partial charge in [0.2, 0.25) is 0 Å². The smallest absolute Gasteiger partial charge is 0.00793 e. The third-order valence-corrected chi connectivity index (χ3v) is 4.44. The van der Waals surface area contributed by atoms with E-state index in [-0.39, 0.29) is 0 Å². The fourth-order valence-corrected chi connectivity index (χ4v) is 2.79. The van der Waals surface area contributed by atoms with Crippen LogP contribution in [0.25, 0.3) is 0 Å². The van der Waals surface area contributed by atoms with Gasteiger partial charge in [0.1, 0.15) is 0 Å². The first-order valence-electron chi connectivity index (χ1n) is 7.05. The van der Waals surface area contributed by atoms with Crippen LogP contribution in [0.4, 0.5) is 0 Å². The van der Waals surface area contributed by atoms with Gasteiger partial charge in [-0.1, -0.05) is 13.8 Å². The fraction of sp³-hybridized carbons (Fsp3) is 1.00. The molecule has 0 radical (unpaired) electrons. The molecular formula is C14H28N2. The lowest BCUT2D eigenvalue weighted by molar-refractivity contribution is 0.251. The zero-order chi connectivity index (χ0) is 11.6. The Hall–Kier alpha value is -0.0800. The molecule has 94 valence electrons. The molecule has 2 aliphatic rings. The highest BCUT2D eigenvalue weighted by Gasteiger charge is 2.29. The molecule has 0 aromatic heterocycles. The largest absolute Gasteiger partial charge is 0.327 e. The Bertz CT molecular complexity index is 221. The van der Waals surface area contributed by atoms with Crippen LogP contribution in [0.2, 0.25) is 0 Å². The Kier molecular flexibility index (Phi) is 3.91. The average Bonchev–Trinajstić information content (AvgIpc) is 3.02. The second-order valence-corrected chi connectivity index (χ2v) is 6.65. The SMILES string of the molecule is CC1(C)CCCN(CCC(N)C2CC2)CC1. The Balaban J connectivity index is 1.69. The molecule has 2 rings (SSSR count). The number of nitrogens with zero attached hydrogens (tertiary/aromatic N) is 1. The van der Waals surface area contributed by atoms with Crippen LogP contribution in [0.3, 0.4) is 0 Å². The van der Waals surface area contributed by atoms with Crippen LogP contribution in [0.15, 0.2) is 0 Å². The van der Waals surface area contributed by atoms with Gasteiger partial charge in [-0.2, -0.15) is 0 Å². The van der Waals surface area contributed by atoms with Gasteiger partial charge in [-0.3, -0.25) is 0 Å². The molecule has 1 aliphatic carbocycles. The minimum Gasteiger partial charge on any atom is -0.327 e. The maximum atomic E-state index is 6.16. The third-order valence-electron chi connectivity index (χ3n) is 4.44. The van der Waals surface area contributed by atoms with E-state index < -0.39 is 0 Å². The van der Waals surface area contributed by atoms with Crippen LogP contribution in [-0.2, 0) is 0 Å². The van der Waals surface area contributed by atoms with Crippen molar-refractivity contribution in [2.45, 2.75) is 58.4 Å². The molecule has 2 fully saturated rings. The van der Waals surface area contributed by atoms with Gasteiger partial charge in [0, 0.05) is 6.04 Å². The summed E-state index contributed by atoms with van der Waals surface area (Å²) in [6, 6.07) is 0.483. The summed E-state index contributed by atoms with van der Waals surface area (Å²) in [6.07, 6.45) is 8.09. The van der Waals surface area contributed by atoms with Gasteiger partial charge in [-0.15, -0.1) is 0 Å². The normalized spacial score (nSPS) is 28.7. The molecule has 1 unspecified atom stereocenters. The molecule has 0 bridgehead atoms. The lowest BCUT2D eigenvalue weighted by Crippen LogP contribution is -2.32. The van der Waals surface area contributed by atoms with Crippen molar-refractivity contribution in [3.8, 4) is 0 Å². The number of likely N-dealkylation sites (tertiary alicyclic amines) is 1. The molecule has 0 amide bonds. The van der Waals surface area contributed by atoms with E-state index in [4.69, 9.17) is 5.73 Å². The molecule has 16 heavy (non-hydrogen) atoms. The first kappa shape index (κ1) is 12.4. The first-order valence-corrected chi connectivity index (χ1v) is 7.05. The van der Waals surface area contributed by atoms with E-state index >= 15 is 0 Å². The molecule has 1 saturated heterocycles. The van der Waals surface area contributed by atoms with Crippen molar-refractivity contribution in [2.75, 3.05) is 19.6 Å². The van der Waals surface area contributed by atoms with Gasteiger partial charge in [0.25, 0.3) is 0 Å². The number of hydrogen-bond acceptors (Lipinski definition) is 2. The molecule has 1 heterocycles. The summed E-state index contributed by atoms with van der Waals surface area (Å²) < 4.78 is 0. The van der Waals surface area contributed by atoms with Crippen molar-refractivity contribution >= 4 is 0 Å². The standard InChI is InChI=1S/C14H28N2/c1-14(2)7-3-9-16(11-8-14)10-6-13(15)12-4-5-12/h12-13H,3-11,15H2,1-2H3. The summed E-state index contributed by atoms with van der Waals surface area (Å²) in [7, 11) is 0. The van der Waals surface area contributed by atoms with Crippen molar-refractivity contribution in [2.24, 2.45) is 17.1 Å². The maximum absolute atomic E-state index is 6.16. The molecule has 1 atom stereocenters. The van der Waals surface area contributed by atoms with Crippen molar-refractivity contribution in [1.29, 1.82) is 0 Å². The highest BCUT2D eigenvalue weighted by atomic mass is 15.1. The van der Waals surface area contributed by atoms with Crippen LogP contribution in [0, 0.1) is 11.3 Å². The molecule has 2 heteroatoms. The Morgan fingerprint density at radius 1 is 1.25 bits per heavy atom. The molecule has 2 N–H and O–H groups in total. The predicted molar refractivity (Wildman–Crippen MR) is 69.4 cm³/mol. The highest BCUT2D eigenvalue weighted by Crippen LogP contribution is 2.33. The van der Waals surface area contributed by atoms with E-state index in [0.29, 0.717) is 11.5 Å². The van der Waals surface area contributed by atoms with Crippen LogP contribution in [0.5, 0.6) is 0 Å². The Morgan fingerprint density at radius 3 is 2.69 bits per heavy atom. The molecule has 1 saturated carbocycles. The summed E-state index contributed by atoms with van der Waals surface area (Å²) in [5, 5.41) is 0. The second-order valence-electron chi connectivity index (χ2n) is 6.65. The van der Waals surface area contributed by atoms with Crippen LogP contribution in [0.1, 0.15) is 52.4 Å². The minimum atomic E-state index is 0.483. The van der Waals surface area contributed by atoms with Crippen molar-refractivity contribution in [1.82, 2.24) is 4.90 Å². The maximum Gasteiger partial charge on any atom is 0.00793 e. The van der Waals surface area contributed by atoms with E-state index in [9.17, 15) is 0 Å². The highest BCUT2D eigenvalue weighted by molar-refractivity contribution is 4.85. The molecule has 0 aromatic rings. The summed E-state index contributed by atoms with van der Waals surface area (Å²) in [5.41, 5.74) is 6.72. The number of rotatable bonds is 4. The summed E-state index contributed by atoms with van der Waals surface area (Å²) in [4.78, 5) is 2.64.